The average molecular weight is 447 g/mol. The fourth-order valence-corrected chi connectivity index (χ4v) is 10.8. The van der Waals surface area contributed by atoms with E-state index in [4.69, 9.17) is 4.74 Å². The Kier molecular flexibility index (Phi) is 5.67. The van der Waals surface area contributed by atoms with Crippen LogP contribution in [0.5, 0.6) is 0 Å². The first-order valence-electron chi connectivity index (χ1n) is 14.0. The van der Waals surface area contributed by atoms with Crippen molar-refractivity contribution >= 4 is 0 Å². The van der Waals surface area contributed by atoms with E-state index in [1.807, 2.05) is 7.11 Å². The van der Waals surface area contributed by atoms with Crippen molar-refractivity contribution in [2.45, 2.75) is 123 Å². The standard InChI is InChI=1S/C29H50O3/c1-18(2)8-7-9-24(30)19(3)21-10-11-22-20-16-25(32-6)29-17-28(29,31)15-14-27(29,5)23(20)12-13-26(21,22)4/h18-25,30-31H,7-17H2,1-6H3/t19-,20?,21?,22?,23?,24-,25+,26+,27+,28?,29?/m0/s1. The Morgan fingerprint density at radius 3 is 2.38 bits per heavy atom. The van der Waals surface area contributed by atoms with Crippen LogP contribution in [0.1, 0.15) is 105 Å². The van der Waals surface area contributed by atoms with Gasteiger partial charge in [0, 0.05) is 12.5 Å². The van der Waals surface area contributed by atoms with Crippen LogP contribution in [-0.2, 0) is 4.74 Å². The van der Waals surface area contributed by atoms with Crippen LogP contribution in [0.3, 0.4) is 0 Å². The summed E-state index contributed by atoms with van der Waals surface area (Å²) in [5.74, 6) is 4.01. The number of aliphatic hydroxyl groups is 2. The van der Waals surface area contributed by atoms with Gasteiger partial charge in [0.2, 0.25) is 0 Å². The summed E-state index contributed by atoms with van der Waals surface area (Å²) in [5.41, 5.74) is 0.187. The number of methoxy groups -OCH3 is 1. The van der Waals surface area contributed by atoms with E-state index in [0.29, 0.717) is 17.3 Å². The second kappa shape index (κ2) is 7.69. The van der Waals surface area contributed by atoms with Crippen molar-refractivity contribution in [1.82, 2.24) is 0 Å². The second-order valence-electron chi connectivity index (χ2n) is 13.9. The van der Waals surface area contributed by atoms with Crippen LogP contribution in [0.2, 0.25) is 0 Å². The molecule has 0 aromatic carbocycles. The lowest BCUT2D eigenvalue weighted by molar-refractivity contribution is -0.170. The highest BCUT2D eigenvalue weighted by molar-refractivity contribution is 5.33. The molecule has 3 heteroatoms. The maximum Gasteiger partial charge on any atom is 0.0742 e. The predicted octanol–water partition coefficient (Wildman–Crippen LogP) is 6.21. The molecule has 0 heterocycles. The van der Waals surface area contributed by atoms with Gasteiger partial charge in [0.15, 0.2) is 0 Å². The van der Waals surface area contributed by atoms with E-state index in [1.54, 1.807) is 0 Å². The maximum absolute atomic E-state index is 11.3. The Bertz CT molecular complexity index is 721. The van der Waals surface area contributed by atoms with Gasteiger partial charge in [-0.1, -0.05) is 47.5 Å². The molecule has 0 aromatic rings. The van der Waals surface area contributed by atoms with Crippen LogP contribution in [-0.4, -0.2) is 35.1 Å². The molecular formula is C29H50O3. The molecule has 1 spiro atoms. The minimum absolute atomic E-state index is 0.0293. The van der Waals surface area contributed by atoms with Crippen molar-refractivity contribution in [2.75, 3.05) is 7.11 Å². The molecule has 3 nitrogen and oxygen atoms in total. The van der Waals surface area contributed by atoms with Crippen molar-refractivity contribution < 1.29 is 14.9 Å². The van der Waals surface area contributed by atoms with E-state index < -0.39 is 5.60 Å². The number of fused-ring (bicyclic) bond motifs is 4. The van der Waals surface area contributed by atoms with Gasteiger partial charge in [0.25, 0.3) is 0 Å². The van der Waals surface area contributed by atoms with Gasteiger partial charge in [-0.25, -0.2) is 0 Å². The van der Waals surface area contributed by atoms with Crippen molar-refractivity contribution in [2.24, 2.45) is 51.8 Å². The highest BCUT2D eigenvalue weighted by Gasteiger charge is 2.84. The smallest absolute Gasteiger partial charge is 0.0742 e. The summed E-state index contributed by atoms with van der Waals surface area (Å²) in [6, 6.07) is 0. The number of rotatable bonds is 7. The summed E-state index contributed by atoms with van der Waals surface area (Å²) >= 11 is 0. The molecule has 2 N–H and O–H groups in total. The normalized spacial score (nSPS) is 53.3. The Hall–Kier alpha value is -0.120. The lowest BCUT2D eigenvalue weighted by Gasteiger charge is -2.61. The predicted molar refractivity (Wildman–Crippen MR) is 129 cm³/mol. The monoisotopic (exact) mass is 446 g/mol. The summed E-state index contributed by atoms with van der Waals surface area (Å²) in [7, 11) is 1.90. The Morgan fingerprint density at radius 2 is 1.72 bits per heavy atom. The van der Waals surface area contributed by atoms with E-state index >= 15 is 0 Å². The molecule has 5 fully saturated rings. The van der Waals surface area contributed by atoms with E-state index in [-0.39, 0.29) is 23.0 Å². The minimum atomic E-state index is -0.443. The Labute approximate surface area is 197 Å². The first-order chi connectivity index (χ1) is 15.0. The lowest BCUT2D eigenvalue weighted by atomic mass is 9.45. The molecule has 32 heavy (non-hydrogen) atoms. The van der Waals surface area contributed by atoms with Crippen molar-refractivity contribution in [3.8, 4) is 0 Å². The van der Waals surface area contributed by atoms with Gasteiger partial charge in [-0.2, -0.15) is 0 Å². The molecular weight excluding hydrogens is 396 g/mol. The molecule has 0 aromatic heterocycles. The number of hydrogen-bond acceptors (Lipinski definition) is 3. The van der Waals surface area contributed by atoms with Gasteiger partial charge in [-0.3, -0.25) is 0 Å². The third-order valence-electron chi connectivity index (χ3n) is 12.5. The van der Waals surface area contributed by atoms with Gasteiger partial charge < -0.3 is 14.9 Å². The van der Waals surface area contributed by atoms with E-state index in [1.165, 1.54) is 38.5 Å². The minimum Gasteiger partial charge on any atom is -0.393 e. The van der Waals surface area contributed by atoms with E-state index in [2.05, 4.69) is 34.6 Å². The molecule has 5 aliphatic rings. The molecule has 0 bridgehead atoms. The molecule has 5 aliphatic carbocycles. The van der Waals surface area contributed by atoms with Crippen molar-refractivity contribution in [1.29, 1.82) is 0 Å². The fraction of sp³-hybridized carbons (Fsp3) is 1.00. The Balaban J connectivity index is 1.35. The van der Waals surface area contributed by atoms with Crippen LogP contribution in [0.25, 0.3) is 0 Å². The molecule has 0 aliphatic heterocycles. The summed E-state index contributed by atoms with van der Waals surface area (Å²) in [4.78, 5) is 0. The molecule has 0 radical (unpaired) electrons. The third kappa shape index (κ3) is 2.95. The zero-order valence-electron chi connectivity index (χ0n) is 21.7. The largest absolute Gasteiger partial charge is 0.393 e. The lowest BCUT2D eigenvalue weighted by Crippen LogP contribution is -2.58. The first-order valence-corrected chi connectivity index (χ1v) is 14.0. The molecule has 11 atom stereocenters. The van der Waals surface area contributed by atoms with Gasteiger partial charge >= 0.3 is 0 Å². The summed E-state index contributed by atoms with van der Waals surface area (Å²) in [6.45, 7) is 12.0. The van der Waals surface area contributed by atoms with Gasteiger partial charge in [0.05, 0.1) is 17.8 Å². The zero-order chi connectivity index (χ0) is 23.1. The maximum atomic E-state index is 11.3. The third-order valence-corrected chi connectivity index (χ3v) is 12.5. The first kappa shape index (κ1) is 23.6. The number of hydrogen-bond donors (Lipinski definition) is 2. The highest BCUT2D eigenvalue weighted by Crippen LogP contribution is 2.83. The summed E-state index contributed by atoms with van der Waals surface area (Å²) in [6.07, 6.45) is 13.0. The van der Waals surface area contributed by atoms with Crippen LogP contribution < -0.4 is 0 Å². The van der Waals surface area contributed by atoms with Gasteiger partial charge in [0.1, 0.15) is 0 Å². The van der Waals surface area contributed by atoms with Crippen molar-refractivity contribution in [3.05, 3.63) is 0 Å². The van der Waals surface area contributed by atoms with Crippen molar-refractivity contribution in [3.63, 3.8) is 0 Å². The summed E-state index contributed by atoms with van der Waals surface area (Å²) in [5, 5.41) is 22.4. The van der Waals surface area contributed by atoms with E-state index in [0.717, 1.165) is 55.8 Å². The van der Waals surface area contributed by atoms with Crippen LogP contribution in [0, 0.1) is 51.8 Å². The topological polar surface area (TPSA) is 49.7 Å². The second-order valence-corrected chi connectivity index (χ2v) is 13.9. The van der Waals surface area contributed by atoms with E-state index in [9.17, 15) is 10.2 Å². The summed E-state index contributed by atoms with van der Waals surface area (Å²) < 4.78 is 6.19. The highest BCUT2D eigenvalue weighted by atomic mass is 16.5. The van der Waals surface area contributed by atoms with Gasteiger partial charge in [-0.15, -0.1) is 0 Å². The van der Waals surface area contributed by atoms with Crippen LogP contribution in [0.15, 0.2) is 0 Å². The van der Waals surface area contributed by atoms with Crippen LogP contribution >= 0.6 is 0 Å². The molecule has 0 saturated heterocycles. The quantitative estimate of drug-likeness (QED) is 0.489. The average Bonchev–Trinajstić information content (AvgIpc) is 3.09. The molecule has 5 rings (SSSR count). The number of aliphatic hydroxyl groups excluding tert-OH is 1. The number of ether oxygens (including phenoxy) is 1. The fourth-order valence-electron chi connectivity index (χ4n) is 10.8. The molecule has 0 amide bonds. The van der Waals surface area contributed by atoms with Gasteiger partial charge in [-0.05, 0) is 104 Å². The Morgan fingerprint density at radius 1 is 0.969 bits per heavy atom. The SMILES string of the molecule is CO[C@@H]1CC2C3CCC([C@H](C)[C@@H](O)CCCC(C)C)[C@@]3(C)CCC2[C@@]2(C)CCC3(O)CC132. The molecule has 5 saturated carbocycles. The van der Waals surface area contributed by atoms with Crippen LogP contribution in [0.4, 0.5) is 0 Å². The molecule has 184 valence electrons. The molecule has 6 unspecified atom stereocenters. The zero-order valence-corrected chi connectivity index (χ0v) is 21.7.